The molecule has 200 valence electrons. The maximum absolute atomic E-state index is 13.2. The molecule has 1 aromatic carbocycles. The molecule has 3 heterocycles. The summed E-state index contributed by atoms with van der Waals surface area (Å²) in [5, 5.41) is 17.2. The lowest BCUT2D eigenvalue weighted by Gasteiger charge is -2.37. The van der Waals surface area contributed by atoms with E-state index in [1.54, 1.807) is 0 Å². The van der Waals surface area contributed by atoms with Crippen LogP contribution in [0.2, 0.25) is 0 Å². The number of rotatable bonds is 9. The van der Waals surface area contributed by atoms with Gasteiger partial charge in [0.15, 0.2) is 0 Å². The van der Waals surface area contributed by atoms with E-state index in [0.29, 0.717) is 24.2 Å². The van der Waals surface area contributed by atoms with E-state index < -0.39 is 6.10 Å². The van der Waals surface area contributed by atoms with Crippen molar-refractivity contribution in [2.24, 2.45) is 0 Å². The first-order chi connectivity index (χ1) is 17.9. The standard InChI is InChI=1S/C29H42N6O2/c1-21(2)34-12-14-35(15-13-34)28-17-24(16-27(32-28)31-25-8-5-9-25)29(37)30-18-26(36)20-33-11-10-22-6-3-4-7-23(22)19-33/h3-4,6-7,16-17,21,25-26,36H,5,8-15,18-20H2,1-2H3,(H,30,37)(H,31,32)/t26-/m0/s1. The van der Waals surface area contributed by atoms with E-state index in [0.717, 1.165) is 70.2 Å². The average Bonchev–Trinajstić information content (AvgIpc) is 2.89. The number of carbonyl (C=O) groups excluding carboxylic acids is 1. The van der Waals surface area contributed by atoms with E-state index in [1.165, 1.54) is 17.5 Å². The molecule has 1 aliphatic carbocycles. The second-order valence-electron chi connectivity index (χ2n) is 11.1. The molecular weight excluding hydrogens is 464 g/mol. The quantitative estimate of drug-likeness (QED) is 0.482. The smallest absolute Gasteiger partial charge is 0.251 e. The summed E-state index contributed by atoms with van der Waals surface area (Å²) in [6, 6.07) is 13.2. The summed E-state index contributed by atoms with van der Waals surface area (Å²) in [5.41, 5.74) is 3.32. The van der Waals surface area contributed by atoms with Crippen LogP contribution in [0.15, 0.2) is 36.4 Å². The number of aromatic nitrogens is 1. The zero-order valence-electron chi connectivity index (χ0n) is 22.3. The monoisotopic (exact) mass is 506 g/mol. The Bertz CT molecular complexity index is 1060. The fourth-order valence-electron chi connectivity index (χ4n) is 5.50. The summed E-state index contributed by atoms with van der Waals surface area (Å²) in [5.74, 6) is 1.46. The van der Waals surface area contributed by atoms with E-state index in [4.69, 9.17) is 4.98 Å². The SMILES string of the molecule is CC(C)N1CCN(c2cc(C(=O)NC[C@H](O)CN3CCc4ccccc4C3)cc(NC3CCC3)n2)CC1. The van der Waals surface area contributed by atoms with Crippen molar-refractivity contribution in [3.05, 3.63) is 53.1 Å². The van der Waals surface area contributed by atoms with Crippen molar-refractivity contribution in [2.45, 2.75) is 64.3 Å². The first-order valence-corrected chi connectivity index (χ1v) is 14.0. The van der Waals surface area contributed by atoms with Crippen LogP contribution in [-0.4, -0.2) is 89.8 Å². The topological polar surface area (TPSA) is 84.0 Å². The lowest BCUT2D eigenvalue weighted by atomic mass is 9.93. The molecule has 1 saturated heterocycles. The fraction of sp³-hybridized carbons (Fsp3) is 0.586. The van der Waals surface area contributed by atoms with Gasteiger partial charge < -0.3 is 20.6 Å². The molecule has 2 fully saturated rings. The van der Waals surface area contributed by atoms with E-state index in [9.17, 15) is 9.90 Å². The number of β-amino-alcohol motifs (C(OH)–C–C–N with tert-alkyl or cyclic N) is 1. The van der Waals surface area contributed by atoms with Gasteiger partial charge in [0, 0.05) is 70.0 Å². The number of carbonyl (C=O) groups is 1. The largest absolute Gasteiger partial charge is 0.390 e. The Morgan fingerprint density at radius 1 is 1.08 bits per heavy atom. The van der Waals surface area contributed by atoms with Crippen molar-refractivity contribution in [3.8, 4) is 0 Å². The summed E-state index contributed by atoms with van der Waals surface area (Å²) in [6.45, 7) is 10.8. The van der Waals surface area contributed by atoms with Gasteiger partial charge >= 0.3 is 0 Å². The van der Waals surface area contributed by atoms with Gasteiger partial charge in [-0.15, -0.1) is 0 Å². The predicted octanol–water partition coefficient (Wildman–Crippen LogP) is 2.73. The third-order valence-electron chi connectivity index (χ3n) is 8.08. The number of piperazine rings is 1. The molecule has 1 amide bonds. The van der Waals surface area contributed by atoms with Crippen molar-refractivity contribution in [1.29, 1.82) is 0 Å². The van der Waals surface area contributed by atoms with Crippen LogP contribution < -0.4 is 15.5 Å². The molecule has 0 bridgehead atoms. The number of hydrogen-bond acceptors (Lipinski definition) is 7. The van der Waals surface area contributed by atoms with Gasteiger partial charge in [-0.2, -0.15) is 0 Å². The molecule has 1 saturated carbocycles. The number of pyridine rings is 1. The summed E-state index contributed by atoms with van der Waals surface area (Å²) in [6.07, 6.45) is 3.91. The number of amides is 1. The Hall–Kier alpha value is -2.68. The van der Waals surface area contributed by atoms with Crippen molar-refractivity contribution in [3.63, 3.8) is 0 Å². The van der Waals surface area contributed by atoms with E-state index in [2.05, 4.69) is 63.4 Å². The molecule has 3 aliphatic rings. The molecule has 3 N–H and O–H groups in total. The molecule has 37 heavy (non-hydrogen) atoms. The van der Waals surface area contributed by atoms with Gasteiger partial charge in [0.2, 0.25) is 0 Å². The summed E-state index contributed by atoms with van der Waals surface area (Å²) < 4.78 is 0. The number of aliphatic hydroxyl groups excluding tert-OH is 1. The molecule has 5 rings (SSSR count). The van der Waals surface area contributed by atoms with Crippen LogP contribution in [0.4, 0.5) is 11.6 Å². The minimum Gasteiger partial charge on any atom is -0.390 e. The van der Waals surface area contributed by atoms with Crippen LogP contribution >= 0.6 is 0 Å². The lowest BCUT2D eigenvalue weighted by molar-refractivity contribution is 0.0842. The zero-order chi connectivity index (χ0) is 25.8. The zero-order valence-corrected chi connectivity index (χ0v) is 22.3. The molecule has 8 nitrogen and oxygen atoms in total. The number of benzene rings is 1. The molecule has 1 atom stereocenters. The number of hydrogen-bond donors (Lipinski definition) is 3. The molecule has 0 unspecified atom stereocenters. The number of aliphatic hydroxyl groups is 1. The fourth-order valence-corrected chi connectivity index (χ4v) is 5.50. The van der Waals surface area contributed by atoms with Gasteiger partial charge in [-0.25, -0.2) is 4.98 Å². The maximum Gasteiger partial charge on any atom is 0.251 e. The molecule has 8 heteroatoms. The summed E-state index contributed by atoms with van der Waals surface area (Å²) in [7, 11) is 0. The normalized spacial score (nSPS) is 19.8. The Balaban J connectivity index is 1.20. The van der Waals surface area contributed by atoms with Gasteiger partial charge in [-0.05, 0) is 62.8 Å². The van der Waals surface area contributed by atoms with Crippen molar-refractivity contribution in [2.75, 3.05) is 56.0 Å². The van der Waals surface area contributed by atoms with E-state index >= 15 is 0 Å². The predicted molar refractivity (Wildman–Crippen MR) is 148 cm³/mol. The van der Waals surface area contributed by atoms with Gasteiger partial charge in [0.25, 0.3) is 5.91 Å². The first kappa shape index (κ1) is 25.9. The highest BCUT2D eigenvalue weighted by atomic mass is 16.3. The van der Waals surface area contributed by atoms with Gasteiger partial charge in [-0.1, -0.05) is 24.3 Å². The highest BCUT2D eigenvalue weighted by molar-refractivity contribution is 5.95. The molecule has 2 aliphatic heterocycles. The van der Waals surface area contributed by atoms with Crippen molar-refractivity contribution < 1.29 is 9.90 Å². The summed E-state index contributed by atoms with van der Waals surface area (Å²) in [4.78, 5) is 25.1. The Morgan fingerprint density at radius 2 is 1.84 bits per heavy atom. The van der Waals surface area contributed by atoms with E-state index in [1.807, 2.05) is 12.1 Å². The van der Waals surface area contributed by atoms with Crippen LogP contribution in [0.1, 0.15) is 54.6 Å². The average molecular weight is 507 g/mol. The number of nitrogens with one attached hydrogen (secondary N) is 2. The Labute approximate surface area is 221 Å². The van der Waals surface area contributed by atoms with Crippen LogP contribution in [0.5, 0.6) is 0 Å². The maximum atomic E-state index is 13.2. The van der Waals surface area contributed by atoms with Crippen molar-refractivity contribution in [1.82, 2.24) is 20.1 Å². The number of nitrogens with zero attached hydrogens (tertiary/aromatic N) is 4. The molecular formula is C29H42N6O2. The van der Waals surface area contributed by atoms with Crippen LogP contribution in [0.25, 0.3) is 0 Å². The lowest BCUT2D eigenvalue weighted by Crippen LogP contribution is -2.49. The third kappa shape index (κ3) is 6.61. The van der Waals surface area contributed by atoms with Crippen molar-refractivity contribution >= 4 is 17.5 Å². The van der Waals surface area contributed by atoms with Gasteiger partial charge in [0.1, 0.15) is 11.6 Å². The molecule has 1 aromatic heterocycles. The molecule has 2 aromatic rings. The molecule has 0 radical (unpaired) electrons. The Morgan fingerprint density at radius 3 is 2.54 bits per heavy atom. The molecule has 0 spiro atoms. The van der Waals surface area contributed by atoms with E-state index in [-0.39, 0.29) is 12.5 Å². The second kappa shape index (κ2) is 11.8. The number of fused-ring (bicyclic) bond motifs is 1. The first-order valence-electron chi connectivity index (χ1n) is 14.0. The minimum absolute atomic E-state index is 0.163. The summed E-state index contributed by atoms with van der Waals surface area (Å²) >= 11 is 0. The second-order valence-corrected chi connectivity index (χ2v) is 11.1. The Kier molecular flexibility index (Phi) is 8.27. The van der Waals surface area contributed by atoms with Crippen LogP contribution in [-0.2, 0) is 13.0 Å². The van der Waals surface area contributed by atoms with Crippen LogP contribution in [0, 0.1) is 0 Å². The van der Waals surface area contributed by atoms with Crippen LogP contribution in [0.3, 0.4) is 0 Å². The minimum atomic E-state index is -0.618. The third-order valence-corrected chi connectivity index (χ3v) is 8.08. The highest BCUT2D eigenvalue weighted by Crippen LogP contribution is 2.26. The highest BCUT2D eigenvalue weighted by Gasteiger charge is 2.24. The van der Waals surface area contributed by atoms with Gasteiger partial charge in [0.05, 0.1) is 6.10 Å². The van der Waals surface area contributed by atoms with Gasteiger partial charge in [-0.3, -0.25) is 14.6 Å². The number of anilines is 2.